The second-order valence-electron chi connectivity index (χ2n) is 3.99. The maximum atomic E-state index is 11.8. The molecule has 7 heteroatoms. The highest BCUT2D eigenvalue weighted by Gasteiger charge is 2.33. The Morgan fingerprint density at radius 2 is 2.29 bits per heavy atom. The van der Waals surface area contributed by atoms with Crippen molar-refractivity contribution < 1.29 is 19.4 Å². The van der Waals surface area contributed by atoms with E-state index >= 15 is 0 Å². The van der Waals surface area contributed by atoms with Crippen molar-refractivity contribution in [3.05, 3.63) is 0 Å². The van der Waals surface area contributed by atoms with Gasteiger partial charge in [0.15, 0.2) is 0 Å². The molecule has 0 aromatic heterocycles. The van der Waals surface area contributed by atoms with Crippen LogP contribution in [0.25, 0.3) is 0 Å². The molecule has 98 valence electrons. The fourth-order valence-corrected chi connectivity index (χ4v) is 2.08. The summed E-state index contributed by atoms with van der Waals surface area (Å²) in [6, 6.07) is -1.19. The van der Waals surface area contributed by atoms with Crippen molar-refractivity contribution in [2.24, 2.45) is 11.7 Å². The molecular formula is C10H18N2O4S. The number of rotatable bonds is 6. The maximum absolute atomic E-state index is 11.8. The molecule has 0 aromatic carbocycles. The van der Waals surface area contributed by atoms with Crippen LogP contribution < -0.4 is 11.1 Å². The molecule has 1 rings (SSSR count). The Morgan fingerprint density at radius 3 is 2.76 bits per heavy atom. The van der Waals surface area contributed by atoms with Crippen molar-refractivity contribution in [1.29, 1.82) is 0 Å². The Morgan fingerprint density at radius 1 is 1.59 bits per heavy atom. The Kier molecular flexibility index (Phi) is 5.73. The topological polar surface area (TPSA) is 102 Å². The molecule has 0 bridgehead atoms. The van der Waals surface area contributed by atoms with Crippen molar-refractivity contribution in [1.82, 2.24) is 5.32 Å². The van der Waals surface area contributed by atoms with Gasteiger partial charge in [0, 0.05) is 6.04 Å². The van der Waals surface area contributed by atoms with Crippen molar-refractivity contribution in [3.63, 3.8) is 0 Å². The number of ether oxygens (including phenoxy) is 1. The Bertz CT molecular complexity index is 287. The first-order valence-electron chi connectivity index (χ1n) is 5.41. The third kappa shape index (κ3) is 4.18. The van der Waals surface area contributed by atoms with Crippen LogP contribution in [-0.2, 0) is 14.3 Å². The SMILES string of the molecule is CSCCC(NC(=O)C1COCC1N)C(=O)O. The molecule has 3 unspecified atom stereocenters. The molecule has 1 aliphatic rings. The monoisotopic (exact) mass is 262 g/mol. The van der Waals surface area contributed by atoms with E-state index in [4.69, 9.17) is 15.6 Å². The molecule has 0 saturated carbocycles. The summed E-state index contributed by atoms with van der Waals surface area (Å²) in [5.74, 6) is -1.10. The second-order valence-corrected chi connectivity index (χ2v) is 4.97. The third-order valence-corrected chi connectivity index (χ3v) is 3.33. The van der Waals surface area contributed by atoms with Gasteiger partial charge < -0.3 is 20.9 Å². The molecule has 1 aliphatic heterocycles. The molecular weight excluding hydrogens is 244 g/mol. The number of hydrogen-bond acceptors (Lipinski definition) is 5. The fourth-order valence-electron chi connectivity index (χ4n) is 1.61. The Balaban J connectivity index is 2.48. The summed E-state index contributed by atoms with van der Waals surface area (Å²) < 4.78 is 5.08. The Labute approximate surface area is 104 Å². The number of carboxylic acid groups (broad SMARTS) is 1. The lowest BCUT2D eigenvalue weighted by Crippen LogP contribution is -2.48. The number of aliphatic carboxylic acids is 1. The lowest BCUT2D eigenvalue weighted by Gasteiger charge is -2.18. The van der Waals surface area contributed by atoms with Crippen molar-refractivity contribution in [3.8, 4) is 0 Å². The number of carbonyl (C=O) groups excluding carboxylic acids is 1. The van der Waals surface area contributed by atoms with Gasteiger partial charge in [-0.2, -0.15) is 11.8 Å². The van der Waals surface area contributed by atoms with Crippen molar-refractivity contribution in [2.75, 3.05) is 25.2 Å². The van der Waals surface area contributed by atoms with Crippen molar-refractivity contribution >= 4 is 23.6 Å². The number of amides is 1. The van der Waals surface area contributed by atoms with Gasteiger partial charge in [-0.1, -0.05) is 0 Å². The van der Waals surface area contributed by atoms with E-state index in [1.807, 2.05) is 6.26 Å². The van der Waals surface area contributed by atoms with Crippen LogP contribution in [-0.4, -0.2) is 54.3 Å². The van der Waals surface area contributed by atoms with Gasteiger partial charge in [-0.15, -0.1) is 0 Å². The predicted molar refractivity (Wildman–Crippen MR) is 64.8 cm³/mol. The fraction of sp³-hybridized carbons (Fsp3) is 0.800. The first-order chi connectivity index (χ1) is 8.06. The van der Waals surface area contributed by atoms with E-state index in [0.717, 1.165) is 0 Å². The summed E-state index contributed by atoms with van der Waals surface area (Å²) >= 11 is 1.54. The van der Waals surface area contributed by atoms with Crippen LogP contribution in [0.3, 0.4) is 0 Å². The van der Waals surface area contributed by atoms with Crippen LogP contribution in [0.1, 0.15) is 6.42 Å². The minimum absolute atomic E-state index is 0.266. The van der Waals surface area contributed by atoms with E-state index in [9.17, 15) is 9.59 Å². The van der Waals surface area contributed by atoms with E-state index in [1.54, 1.807) is 11.8 Å². The number of hydrogen-bond donors (Lipinski definition) is 3. The third-order valence-electron chi connectivity index (χ3n) is 2.69. The van der Waals surface area contributed by atoms with E-state index in [-0.39, 0.29) is 18.6 Å². The molecule has 0 radical (unpaired) electrons. The van der Waals surface area contributed by atoms with E-state index in [1.165, 1.54) is 0 Å². The van der Waals surface area contributed by atoms with Crippen LogP contribution in [0.5, 0.6) is 0 Å². The van der Waals surface area contributed by atoms with Gasteiger partial charge in [0.2, 0.25) is 5.91 Å². The van der Waals surface area contributed by atoms with E-state index < -0.39 is 17.9 Å². The molecule has 0 spiro atoms. The molecule has 6 nitrogen and oxygen atoms in total. The lowest BCUT2D eigenvalue weighted by molar-refractivity contribution is -0.142. The molecule has 1 fully saturated rings. The first kappa shape index (κ1) is 14.3. The Hall–Kier alpha value is -0.790. The zero-order chi connectivity index (χ0) is 12.8. The minimum atomic E-state index is -1.01. The number of carboxylic acids is 1. The zero-order valence-electron chi connectivity index (χ0n) is 9.72. The summed E-state index contributed by atoms with van der Waals surface area (Å²) in [5.41, 5.74) is 5.69. The lowest BCUT2D eigenvalue weighted by atomic mass is 10.0. The van der Waals surface area contributed by atoms with Gasteiger partial charge >= 0.3 is 5.97 Å². The quantitative estimate of drug-likeness (QED) is 0.584. The standard InChI is InChI=1S/C10H18N2O4S/c1-17-3-2-8(10(14)15)12-9(13)6-4-16-5-7(6)11/h6-8H,2-5,11H2,1H3,(H,12,13)(H,14,15). The molecule has 0 aliphatic carbocycles. The molecule has 3 atom stereocenters. The molecule has 1 heterocycles. The van der Waals surface area contributed by atoms with Gasteiger partial charge in [-0.3, -0.25) is 4.79 Å². The van der Waals surface area contributed by atoms with Gasteiger partial charge in [-0.05, 0) is 18.4 Å². The predicted octanol–water partition coefficient (Wildman–Crippen LogP) is -0.717. The summed E-state index contributed by atoms with van der Waals surface area (Å²) in [4.78, 5) is 22.7. The number of nitrogens with one attached hydrogen (secondary N) is 1. The molecule has 17 heavy (non-hydrogen) atoms. The summed E-state index contributed by atoms with van der Waals surface area (Å²) in [7, 11) is 0. The number of thioether (sulfide) groups is 1. The average molecular weight is 262 g/mol. The number of carbonyl (C=O) groups is 2. The molecule has 4 N–H and O–H groups in total. The van der Waals surface area contributed by atoms with Gasteiger partial charge in [0.1, 0.15) is 6.04 Å². The normalized spacial score (nSPS) is 25.5. The summed E-state index contributed by atoms with van der Waals surface area (Å²) in [6.45, 7) is 0.614. The van der Waals surface area contributed by atoms with Crippen LogP contribution >= 0.6 is 11.8 Å². The number of nitrogens with two attached hydrogens (primary N) is 1. The molecule has 0 aromatic rings. The van der Waals surface area contributed by atoms with Gasteiger partial charge in [-0.25, -0.2) is 4.79 Å². The van der Waals surface area contributed by atoms with Crippen LogP contribution in [0, 0.1) is 5.92 Å². The smallest absolute Gasteiger partial charge is 0.326 e. The highest BCUT2D eigenvalue weighted by Crippen LogP contribution is 2.12. The highest BCUT2D eigenvalue weighted by molar-refractivity contribution is 7.98. The van der Waals surface area contributed by atoms with Gasteiger partial charge in [0.25, 0.3) is 0 Å². The minimum Gasteiger partial charge on any atom is -0.480 e. The molecule has 1 saturated heterocycles. The highest BCUT2D eigenvalue weighted by atomic mass is 32.2. The second kappa shape index (κ2) is 6.83. The molecule has 1 amide bonds. The largest absolute Gasteiger partial charge is 0.480 e. The van der Waals surface area contributed by atoms with Crippen LogP contribution in [0.4, 0.5) is 0 Å². The van der Waals surface area contributed by atoms with Crippen LogP contribution in [0.15, 0.2) is 0 Å². The zero-order valence-corrected chi connectivity index (χ0v) is 10.5. The first-order valence-corrected chi connectivity index (χ1v) is 6.81. The maximum Gasteiger partial charge on any atom is 0.326 e. The summed E-state index contributed by atoms with van der Waals surface area (Å²) in [6.07, 6.45) is 2.30. The van der Waals surface area contributed by atoms with Crippen LogP contribution in [0.2, 0.25) is 0 Å². The van der Waals surface area contributed by atoms with Gasteiger partial charge in [0.05, 0.1) is 19.1 Å². The van der Waals surface area contributed by atoms with Crippen molar-refractivity contribution in [2.45, 2.75) is 18.5 Å². The average Bonchev–Trinajstić information content (AvgIpc) is 2.70. The summed E-state index contributed by atoms with van der Waals surface area (Å²) in [5, 5.41) is 11.5. The van der Waals surface area contributed by atoms with E-state index in [2.05, 4.69) is 5.32 Å². The van der Waals surface area contributed by atoms with E-state index in [0.29, 0.717) is 18.8 Å².